The van der Waals surface area contributed by atoms with Crippen molar-refractivity contribution in [2.45, 2.75) is 6.92 Å². The zero-order chi connectivity index (χ0) is 19.1. The van der Waals surface area contributed by atoms with Gasteiger partial charge in [-0.15, -0.1) is 10.2 Å². The van der Waals surface area contributed by atoms with E-state index >= 15 is 0 Å². The molecule has 0 saturated heterocycles. The highest BCUT2D eigenvalue weighted by Gasteiger charge is 2.26. The van der Waals surface area contributed by atoms with Crippen molar-refractivity contribution in [3.05, 3.63) is 101 Å². The molecule has 0 spiro atoms. The number of ether oxygens (including phenoxy) is 1. The number of esters is 1. The molecular formula is C24H16N2O2. The summed E-state index contributed by atoms with van der Waals surface area (Å²) in [7, 11) is 0. The van der Waals surface area contributed by atoms with Gasteiger partial charge >= 0.3 is 5.97 Å². The third-order valence-electron chi connectivity index (χ3n) is 4.93. The van der Waals surface area contributed by atoms with Crippen molar-refractivity contribution in [2.24, 2.45) is 10.2 Å². The topological polar surface area (TPSA) is 51.0 Å². The number of nitrogens with zero attached hydrogens (tertiary/aromatic N) is 2. The Morgan fingerprint density at radius 3 is 1.89 bits per heavy atom. The number of carbonyl (C=O) groups excluding carboxylic acids is 1. The van der Waals surface area contributed by atoms with Crippen LogP contribution in [-0.2, 0) is 9.53 Å². The molecule has 3 aromatic rings. The first-order chi connectivity index (χ1) is 13.7. The predicted molar refractivity (Wildman–Crippen MR) is 110 cm³/mol. The van der Waals surface area contributed by atoms with Gasteiger partial charge in [0.05, 0.1) is 0 Å². The number of aryl methyl sites for hydroxylation is 1. The number of rotatable bonds is 2. The number of hydrogen-bond donors (Lipinski definition) is 0. The van der Waals surface area contributed by atoms with Gasteiger partial charge in [0.15, 0.2) is 5.71 Å². The van der Waals surface area contributed by atoms with Gasteiger partial charge in [-0.25, -0.2) is 4.79 Å². The maximum absolute atomic E-state index is 12.2. The quantitative estimate of drug-likeness (QED) is 0.380. The third-order valence-corrected chi connectivity index (χ3v) is 4.93. The molecule has 2 aliphatic rings. The molecule has 3 aromatic carbocycles. The lowest BCUT2D eigenvalue weighted by molar-refractivity contribution is -0.128. The van der Waals surface area contributed by atoms with Gasteiger partial charge < -0.3 is 4.74 Å². The summed E-state index contributed by atoms with van der Waals surface area (Å²) >= 11 is 0. The van der Waals surface area contributed by atoms with Crippen LogP contribution in [0.25, 0.3) is 16.9 Å². The van der Waals surface area contributed by atoms with E-state index in [1.54, 1.807) is 6.08 Å². The number of cyclic esters (lactones) is 1. The fourth-order valence-corrected chi connectivity index (χ4v) is 3.50. The SMILES string of the molecule is Cc1ccc(C2=CC(=NN=C3c4ccccc4-c4ccccc43)C(=O)O2)cc1. The maximum atomic E-state index is 12.2. The van der Waals surface area contributed by atoms with Crippen LogP contribution < -0.4 is 0 Å². The molecule has 4 nitrogen and oxygen atoms in total. The average molecular weight is 364 g/mol. The Morgan fingerprint density at radius 1 is 0.714 bits per heavy atom. The lowest BCUT2D eigenvalue weighted by Gasteiger charge is -2.01. The monoisotopic (exact) mass is 364 g/mol. The summed E-state index contributed by atoms with van der Waals surface area (Å²) in [6.07, 6.45) is 1.64. The van der Waals surface area contributed by atoms with Gasteiger partial charge in [-0.3, -0.25) is 0 Å². The molecule has 0 saturated carbocycles. The van der Waals surface area contributed by atoms with E-state index < -0.39 is 5.97 Å². The molecule has 1 aliphatic carbocycles. The molecule has 5 rings (SSSR count). The van der Waals surface area contributed by atoms with Crippen LogP contribution >= 0.6 is 0 Å². The fourth-order valence-electron chi connectivity index (χ4n) is 3.50. The lowest BCUT2D eigenvalue weighted by atomic mass is 10.1. The van der Waals surface area contributed by atoms with E-state index in [1.165, 1.54) is 0 Å². The number of fused-ring (bicyclic) bond motifs is 3. The van der Waals surface area contributed by atoms with Crippen molar-refractivity contribution < 1.29 is 9.53 Å². The molecule has 0 amide bonds. The largest absolute Gasteiger partial charge is 0.421 e. The summed E-state index contributed by atoms with van der Waals surface area (Å²) in [4.78, 5) is 12.2. The molecule has 134 valence electrons. The molecule has 0 atom stereocenters. The summed E-state index contributed by atoms with van der Waals surface area (Å²) in [5.74, 6) is 0.00987. The molecule has 4 heteroatoms. The predicted octanol–water partition coefficient (Wildman–Crippen LogP) is 4.77. The van der Waals surface area contributed by atoms with E-state index in [4.69, 9.17) is 4.74 Å². The van der Waals surface area contributed by atoms with E-state index in [2.05, 4.69) is 22.3 Å². The van der Waals surface area contributed by atoms with Crippen molar-refractivity contribution in [3.8, 4) is 11.1 Å². The highest BCUT2D eigenvalue weighted by molar-refractivity contribution is 6.45. The van der Waals surface area contributed by atoms with E-state index in [9.17, 15) is 4.79 Å². The van der Waals surface area contributed by atoms with Crippen LogP contribution in [0.3, 0.4) is 0 Å². The van der Waals surface area contributed by atoms with Gasteiger partial charge in [0, 0.05) is 22.8 Å². The molecule has 0 radical (unpaired) electrons. The third kappa shape index (κ3) is 2.67. The minimum absolute atomic E-state index is 0.199. The second-order valence-corrected chi connectivity index (χ2v) is 6.79. The second kappa shape index (κ2) is 6.43. The Morgan fingerprint density at radius 2 is 1.29 bits per heavy atom. The van der Waals surface area contributed by atoms with Crippen molar-refractivity contribution >= 4 is 23.2 Å². The van der Waals surface area contributed by atoms with Gasteiger partial charge in [0.1, 0.15) is 11.5 Å². The number of carbonyl (C=O) groups is 1. The van der Waals surface area contributed by atoms with Crippen LogP contribution in [0.4, 0.5) is 0 Å². The molecule has 1 aliphatic heterocycles. The smallest absolute Gasteiger partial charge is 0.364 e. The summed E-state index contributed by atoms with van der Waals surface area (Å²) in [5, 5.41) is 8.67. The summed E-state index contributed by atoms with van der Waals surface area (Å²) < 4.78 is 5.38. The molecule has 0 fully saturated rings. The highest BCUT2D eigenvalue weighted by atomic mass is 16.5. The second-order valence-electron chi connectivity index (χ2n) is 6.79. The van der Waals surface area contributed by atoms with Crippen molar-refractivity contribution in [2.75, 3.05) is 0 Å². The first-order valence-electron chi connectivity index (χ1n) is 9.06. The van der Waals surface area contributed by atoms with E-state index in [0.717, 1.165) is 39.1 Å². The van der Waals surface area contributed by atoms with Crippen molar-refractivity contribution in [1.82, 2.24) is 0 Å². The maximum Gasteiger partial charge on any atom is 0.364 e. The zero-order valence-electron chi connectivity index (χ0n) is 15.2. The van der Waals surface area contributed by atoms with Crippen molar-refractivity contribution in [1.29, 1.82) is 0 Å². The zero-order valence-corrected chi connectivity index (χ0v) is 15.2. The highest BCUT2D eigenvalue weighted by Crippen LogP contribution is 2.36. The first-order valence-corrected chi connectivity index (χ1v) is 9.06. The molecule has 28 heavy (non-hydrogen) atoms. The summed E-state index contributed by atoms with van der Waals surface area (Å²) in [6, 6.07) is 24.0. The Hall–Kier alpha value is -3.79. The first kappa shape index (κ1) is 16.4. The Bertz CT molecular complexity index is 1150. The lowest BCUT2D eigenvalue weighted by Crippen LogP contribution is -2.07. The normalized spacial score (nSPS) is 15.9. The van der Waals surface area contributed by atoms with Gasteiger partial charge in [-0.05, 0) is 18.1 Å². The molecule has 0 aromatic heterocycles. The Labute approximate surface area is 162 Å². The molecule has 1 heterocycles. The number of hydrogen-bond acceptors (Lipinski definition) is 4. The Balaban J connectivity index is 1.56. The molecular weight excluding hydrogens is 348 g/mol. The van der Waals surface area contributed by atoms with E-state index in [0.29, 0.717) is 5.76 Å². The van der Waals surface area contributed by atoms with Crippen LogP contribution in [0.5, 0.6) is 0 Å². The minimum Gasteiger partial charge on any atom is -0.421 e. The van der Waals surface area contributed by atoms with Gasteiger partial charge in [0.25, 0.3) is 0 Å². The van der Waals surface area contributed by atoms with E-state index in [-0.39, 0.29) is 5.71 Å². The summed E-state index contributed by atoms with van der Waals surface area (Å²) in [5.41, 5.74) is 7.24. The van der Waals surface area contributed by atoms with Crippen LogP contribution in [0.15, 0.2) is 89.1 Å². The van der Waals surface area contributed by atoms with E-state index in [1.807, 2.05) is 67.6 Å². The fraction of sp³-hybridized carbons (Fsp3) is 0.0417. The average Bonchev–Trinajstić information content (AvgIpc) is 3.25. The molecule has 0 unspecified atom stereocenters. The van der Waals surface area contributed by atoms with Crippen LogP contribution in [0, 0.1) is 6.92 Å². The van der Waals surface area contributed by atoms with Crippen molar-refractivity contribution in [3.63, 3.8) is 0 Å². The number of benzene rings is 3. The molecule has 0 bridgehead atoms. The van der Waals surface area contributed by atoms with Crippen LogP contribution in [0.2, 0.25) is 0 Å². The van der Waals surface area contributed by atoms with Crippen LogP contribution in [-0.4, -0.2) is 17.4 Å². The van der Waals surface area contributed by atoms with Gasteiger partial charge in [-0.1, -0.05) is 78.4 Å². The van der Waals surface area contributed by atoms with Gasteiger partial charge in [0.2, 0.25) is 0 Å². The summed E-state index contributed by atoms with van der Waals surface area (Å²) in [6.45, 7) is 2.01. The standard InChI is InChI=1S/C24H16N2O2/c1-15-10-12-16(13-11-15)22-14-21(24(27)28-22)25-26-23-19-8-4-2-6-17(19)18-7-3-5-9-20(18)23/h2-14H,1H3. The molecule has 0 N–H and O–H groups in total. The van der Waals surface area contributed by atoms with Crippen LogP contribution in [0.1, 0.15) is 22.3 Å². The minimum atomic E-state index is -0.487. The van der Waals surface area contributed by atoms with Gasteiger partial charge in [-0.2, -0.15) is 0 Å². The Kier molecular flexibility index (Phi) is 3.76.